The summed E-state index contributed by atoms with van der Waals surface area (Å²) < 4.78 is 11.0. The van der Waals surface area contributed by atoms with Crippen LogP contribution in [0.3, 0.4) is 0 Å². The van der Waals surface area contributed by atoms with E-state index in [1.807, 2.05) is 6.08 Å². The van der Waals surface area contributed by atoms with Crippen LogP contribution in [0.5, 0.6) is 11.5 Å². The number of aliphatic hydroxyl groups excluding tert-OH is 2. The summed E-state index contributed by atoms with van der Waals surface area (Å²) >= 11 is 0. The first-order chi connectivity index (χ1) is 10.2. The maximum absolute atomic E-state index is 9.96. The molecule has 1 aliphatic carbocycles. The van der Waals surface area contributed by atoms with Crippen LogP contribution < -0.4 is 9.47 Å². The lowest BCUT2D eigenvalue weighted by Crippen LogP contribution is -2.39. The molecule has 1 saturated heterocycles. The number of hydrogen-bond donors (Lipinski definition) is 2. The van der Waals surface area contributed by atoms with Crippen molar-refractivity contribution in [1.29, 1.82) is 0 Å². The van der Waals surface area contributed by atoms with Crippen LogP contribution in [0.25, 0.3) is 0 Å². The van der Waals surface area contributed by atoms with Gasteiger partial charge in [0.25, 0.3) is 0 Å². The molecule has 1 unspecified atom stereocenters. The van der Waals surface area contributed by atoms with Gasteiger partial charge in [-0.15, -0.1) is 0 Å². The normalized spacial score (nSPS) is 38.8. The molecule has 0 amide bonds. The molecule has 110 valence electrons. The summed E-state index contributed by atoms with van der Waals surface area (Å²) in [4.78, 5) is 2.40. The van der Waals surface area contributed by atoms with Gasteiger partial charge in [0.1, 0.15) is 0 Å². The van der Waals surface area contributed by atoms with Crippen LogP contribution in [0, 0.1) is 0 Å². The molecule has 2 bridgehead atoms. The second-order valence-corrected chi connectivity index (χ2v) is 6.36. The third-order valence-corrected chi connectivity index (χ3v) is 5.25. The van der Waals surface area contributed by atoms with E-state index in [-0.39, 0.29) is 6.04 Å². The monoisotopic (exact) mass is 287 g/mol. The van der Waals surface area contributed by atoms with Gasteiger partial charge in [-0.25, -0.2) is 0 Å². The second kappa shape index (κ2) is 4.00. The SMILES string of the molecule is O[C@@H]1C=C2[C@H]3CN(Cc4cc5c(cc43)OCO5)[C@H]2C[C@H]1O. The lowest BCUT2D eigenvalue weighted by Gasteiger charge is -2.31. The van der Waals surface area contributed by atoms with Crippen molar-refractivity contribution in [2.45, 2.75) is 37.1 Å². The molecule has 5 rings (SSSR count). The van der Waals surface area contributed by atoms with Crippen LogP contribution in [0.2, 0.25) is 0 Å². The van der Waals surface area contributed by atoms with E-state index >= 15 is 0 Å². The molecule has 5 heteroatoms. The largest absolute Gasteiger partial charge is 0.454 e. The summed E-state index contributed by atoms with van der Waals surface area (Å²) in [6.45, 7) is 2.12. The number of hydrogen-bond acceptors (Lipinski definition) is 5. The van der Waals surface area contributed by atoms with Crippen LogP contribution in [0.15, 0.2) is 23.8 Å². The summed E-state index contributed by atoms with van der Waals surface area (Å²) in [5.41, 5.74) is 3.81. The van der Waals surface area contributed by atoms with E-state index in [2.05, 4.69) is 17.0 Å². The minimum absolute atomic E-state index is 0.248. The molecule has 0 spiro atoms. The number of benzene rings is 1. The first-order valence-electron chi connectivity index (χ1n) is 7.45. The fraction of sp³-hybridized carbons (Fsp3) is 0.500. The Kier molecular flexibility index (Phi) is 2.29. The van der Waals surface area contributed by atoms with Gasteiger partial charge in [-0.3, -0.25) is 4.90 Å². The lowest BCUT2D eigenvalue weighted by atomic mass is 9.82. The van der Waals surface area contributed by atoms with Gasteiger partial charge < -0.3 is 19.7 Å². The Morgan fingerprint density at radius 3 is 2.81 bits per heavy atom. The fourth-order valence-electron chi connectivity index (χ4n) is 4.23. The van der Waals surface area contributed by atoms with Crippen molar-refractivity contribution >= 4 is 0 Å². The van der Waals surface area contributed by atoms with Gasteiger partial charge in [-0.2, -0.15) is 0 Å². The fourth-order valence-corrected chi connectivity index (χ4v) is 4.23. The third-order valence-electron chi connectivity index (χ3n) is 5.25. The van der Waals surface area contributed by atoms with E-state index in [9.17, 15) is 10.2 Å². The van der Waals surface area contributed by atoms with Gasteiger partial charge in [0.15, 0.2) is 11.5 Å². The van der Waals surface area contributed by atoms with E-state index in [0.717, 1.165) is 24.6 Å². The average molecular weight is 287 g/mol. The Morgan fingerprint density at radius 2 is 1.95 bits per heavy atom. The Labute approximate surface area is 122 Å². The molecule has 5 nitrogen and oxygen atoms in total. The van der Waals surface area contributed by atoms with Crippen molar-refractivity contribution in [3.63, 3.8) is 0 Å². The molecule has 1 aromatic rings. The van der Waals surface area contributed by atoms with Gasteiger partial charge in [0.05, 0.1) is 12.2 Å². The summed E-state index contributed by atoms with van der Waals surface area (Å²) in [6.07, 6.45) is 1.08. The van der Waals surface area contributed by atoms with Crippen LogP contribution in [-0.4, -0.2) is 46.7 Å². The molecule has 3 heterocycles. The first kappa shape index (κ1) is 12.0. The average Bonchev–Trinajstić information content (AvgIpc) is 3.03. The molecule has 0 saturated carbocycles. The molecule has 3 aliphatic heterocycles. The van der Waals surface area contributed by atoms with E-state index in [1.165, 1.54) is 16.7 Å². The van der Waals surface area contributed by atoms with Crippen molar-refractivity contribution in [3.05, 3.63) is 34.9 Å². The van der Waals surface area contributed by atoms with Crippen LogP contribution in [-0.2, 0) is 6.54 Å². The quantitative estimate of drug-likeness (QED) is 0.690. The maximum Gasteiger partial charge on any atom is 0.231 e. The molecular weight excluding hydrogens is 270 g/mol. The smallest absolute Gasteiger partial charge is 0.231 e. The van der Waals surface area contributed by atoms with Crippen LogP contribution >= 0.6 is 0 Å². The predicted molar refractivity (Wildman–Crippen MR) is 74.2 cm³/mol. The minimum Gasteiger partial charge on any atom is -0.454 e. The van der Waals surface area contributed by atoms with Gasteiger partial charge in [0, 0.05) is 25.0 Å². The van der Waals surface area contributed by atoms with Crippen molar-refractivity contribution in [3.8, 4) is 11.5 Å². The van der Waals surface area contributed by atoms with E-state index in [4.69, 9.17) is 9.47 Å². The number of ether oxygens (including phenoxy) is 2. The third kappa shape index (κ3) is 1.56. The van der Waals surface area contributed by atoms with E-state index < -0.39 is 12.2 Å². The van der Waals surface area contributed by atoms with Gasteiger partial charge in [-0.1, -0.05) is 6.08 Å². The van der Waals surface area contributed by atoms with Gasteiger partial charge in [-0.05, 0) is 35.3 Å². The summed E-state index contributed by atoms with van der Waals surface area (Å²) in [5.74, 6) is 1.95. The number of nitrogens with zero attached hydrogens (tertiary/aromatic N) is 1. The van der Waals surface area contributed by atoms with E-state index in [1.54, 1.807) is 0 Å². The van der Waals surface area contributed by atoms with E-state index in [0.29, 0.717) is 19.1 Å². The highest BCUT2D eigenvalue weighted by molar-refractivity contribution is 5.54. The predicted octanol–water partition coefficient (Wildman–Crippen LogP) is 0.749. The van der Waals surface area contributed by atoms with Crippen molar-refractivity contribution in [2.75, 3.05) is 13.3 Å². The van der Waals surface area contributed by atoms with Gasteiger partial charge in [0.2, 0.25) is 6.79 Å². The molecule has 21 heavy (non-hydrogen) atoms. The Balaban J connectivity index is 1.63. The second-order valence-electron chi connectivity index (χ2n) is 6.36. The minimum atomic E-state index is -0.741. The summed E-state index contributed by atoms with van der Waals surface area (Å²) in [6, 6.07) is 4.43. The summed E-state index contributed by atoms with van der Waals surface area (Å²) in [5, 5.41) is 19.9. The number of fused-ring (bicyclic) bond motifs is 8. The van der Waals surface area contributed by atoms with Crippen LogP contribution in [0.4, 0.5) is 0 Å². The zero-order chi connectivity index (χ0) is 14.1. The Morgan fingerprint density at radius 1 is 1.14 bits per heavy atom. The molecule has 0 aromatic heterocycles. The molecule has 4 aliphatic rings. The highest BCUT2D eigenvalue weighted by atomic mass is 16.7. The number of rotatable bonds is 0. The molecule has 1 aromatic carbocycles. The summed E-state index contributed by atoms with van der Waals surface area (Å²) in [7, 11) is 0. The molecular formula is C16H17NO4. The lowest BCUT2D eigenvalue weighted by molar-refractivity contribution is 0.0208. The topological polar surface area (TPSA) is 62.2 Å². The molecule has 1 fully saturated rings. The Bertz CT molecular complexity index is 656. The van der Waals surface area contributed by atoms with Crippen molar-refractivity contribution < 1.29 is 19.7 Å². The zero-order valence-electron chi connectivity index (χ0n) is 11.5. The highest BCUT2D eigenvalue weighted by Crippen LogP contribution is 2.49. The van der Waals surface area contributed by atoms with Crippen molar-refractivity contribution in [1.82, 2.24) is 4.90 Å². The highest BCUT2D eigenvalue weighted by Gasteiger charge is 2.46. The zero-order valence-corrected chi connectivity index (χ0v) is 11.5. The Hall–Kier alpha value is -1.56. The molecule has 0 radical (unpaired) electrons. The first-order valence-corrected chi connectivity index (χ1v) is 7.45. The van der Waals surface area contributed by atoms with Crippen LogP contribution in [0.1, 0.15) is 23.5 Å². The molecule has 5 atom stereocenters. The molecule has 2 N–H and O–H groups in total. The maximum atomic E-state index is 9.96. The van der Waals surface area contributed by atoms with Gasteiger partial charge >= 0.3 is 0 Å². The van der Waals surface area contributed by atoms with Crippen molar-refractivity contribution in [2.24, 2.45) is 0 Å². The number of aliphatic hydroxyl groups is 2. The standard InChI is InChI=1S/C16H17NO4/c18-13-2-10-11-6-17(12(10)4-14(13)19)5-8-1-15-16(3-9(8)11)21-7-20-15/h1-3,11-14,18-19H,4-7H2/t11-,12-,13+,14+/m0/s1.